The van der Waals surface area contributed by atoms with Gasteiger partial charge < -0.3 is 10.4 Å². The highest BCUT2D eigenvalue weighted by atomic mass is 35.5. The molecule has 0 radical (unpaired) electrons. The lowest BCUT2D eigenvalue weighted by atomic mass is 9.86. The molecule has 0 bridgehead atoms. The highest BCUT2D eigenvalue weighted by Crippen LogP contribution is 2.40. The van der Waals surface area contributed by atoms with Gasteiger partial charge in [-0.05, 0) is 55.1 Å². The van der Waals surface area contributed by atoms with Crippen molar-refractivity contribution >= 4 is 29.2 Å². The van der Waals surface area contributed by atoms with E-state index in [0.29, 0.717) is 25.9 Å². The molecule has 1 fully saturated rings. The predicted octanol–water partition coefficient (Wildman–Crippen LogP) is 4.92. The number of hydrogen-bond donors (Lipinski definition) is 2. The number of alkyl halides is 3. The number of amides is 1. The van der Waals surface area contributed by atoms with Crippen molar-refractivity contribution < 1.29 is 27.9 Å². The van der Waals surface area contributed by atoms with Crippen LogP contribution < -0.4 is 5.32 Å². The van der Waals surface area contributed by atoms with Crippen LogP contribution in [0.3, 0.4) is 0 Å². The first kappa shape index (κ1) is 22.1. The highest BCUT2D eigenvalue weighted by Gasteiger charge is 2.40. The minimum absolute atomic E-state index is 0.138. The summed E-state index contributed by atoms with van der Waals surface area (Å²) in [6.07, 6.45) is -4.00. The summed E-state index contributed by atoms with van der Waals surface area (Å²) in [6, 6.07) is 12.3. The van der Waals surface area contributed by atoms with Crippen molar-refractivity contribution in [3.05, 3.63) is 64.2 Å². The molecule has 2 aromatic carbocycles. The number of aromatic carboxylic acids is 1. The van der Waals surface area contributed by atoms with Crippen molar-refractivity contribution in [1.29, 1.82) is 0 Å². The fourth-order valence-corrected chi connectivity index (χ4v) is 4.02. The number of anilines is 1. The van der Waals surface area contributed by atoms with E-state index in [4.69, 9.17) is 11.6 Å². The third-order valence-electron chi connectivity index (χ3n) is 5.16. The first-order valence-corrected chi connectivity index (χ1v) is 9.74. The zero-order valence-corrected chi connectivity index (χ0v) is 16.6. The zero-order chi connectivity index (χ0) is 21.9. The summed E-state index contributed by atoms with van der Waals surface area (Å²) in [5.41, 5.74) is 0.603. The van der Waals surface area contributed by atoms with Crippen molar-refractivity contribution in [1.82, 2.24) is 4.90 Å². The van der Waals surface area contributed by atoms with E-state index in [1.807, 2.05) is 30.3 Å². The lowest BCUT2D eigenvalue weighted by Crippen LogP contribution is -2.34. The summed E-state index contributed by atoms with van der Waals surface area (Å²) in [5, 5.41) is 11.3. The summed E-state index contributed by atoms with van der Waals surface area (Å²) in [5.74, 6) is -3.94. The molecule has 2 aromatic rings. The van der Waals surface area contributed by atoms with Crippen LogP contribution in [-0.2, 0) is 11.3 Å². The summed E-state index contributed by atoms with van der Waals surface area (Å²) < 4.78 is 38.4. The Morgan fingerprint density at radius 1 is 1.10 bits per heavy atom. The van der Waals surface area contributed by atoms with Crippen molar-refractivity contribution in [2.45, 2.75) is 31.5 Å². The van der Waals surface area contributed by atoms with Crippen LogP contribution in [0.1, 0.15) is 40.2 Å². The van der Waals surface area contributed by atoms with E-state index in [2.05, 4.69) is 4.90 Å². The lowest BCUT2D eigenvalue weighted by molar-refractivity contribution is -0.167. The van der Waals surface area contributed by atoms with Crippen molar-refractivity contribution in [2.24, 2.45) is 0 Å². The second-order valence-corrected chi connectivity index (χ2v) is 7.58. The molecule has 9 heteroatoms. The monoisotopic (exact) mass is 440 g/mol. The van der Waals surface area contributed by atoms with Gasteiger partial charge in [-0.3, -0.25) is 9.69 Å². The van der Waals surface area contributed by atoms with E-state index in [1.165, 1.54) is 6.07 Å². The maximum absolute atomic E-state index is 12.8. The van der Waals surface area contributed by atoms with Gasteiger partial charge in [0, 0.05) is 11.6 Å². The van der Waals surface area contributed by atoms with E-state index in [1.54, 1.807) is 5.32 Å². The van der Waals surface area contributed by atoms with Crippen LogP contribution in [0.4, 0.5) is 18.9 Å². The molecule has 0 aromatic heterocycles. The van der Waals surface area contributed by atoms with Gasteiger partial charge in [-0.15, -0.1) is 0 Å². The Hall–Kier alpha value is -2.58. The van der Waals surface area contributed by atoms with Crippen molar-refractivity contribution in [3.63, 3.8) is 0 Å². The zero-order valence-electron chi connectivity index (χ0n) is 15.9. The Labute approximate surface area is 176 Å². The number of halogens is 4. The van der Waals surface area contributed by atoms with Gasteiger partial charge >= 0.3 is 18.1 Å². The van der Waals surface area contributed by atoms with Crippen molar-refractivity contribution in [2.75, 3.05) is 18.4 Å². The van der Waals surface area contributed by atoms with Gasteiger partial charge in [0.05, 0.1) is 11.3 Å². The second-order valence-electron chi connectivity index (χ2n) is 7.18. The quantitative estimate of drug-likeness (QED) is 0.692. The summed E-state index contributed by atoms with van der Waals surface area (Å²) >= 11 is 6.26. The highest BCUT2D eigenvalue weighted by molar-refractivity contribution is 6.32. The van der Waals surface area contributed by atoms with Gasteiger partial charge in [-0.1, -0.05) is 41.9 Å². The third-order valence-corrected chi connectivity index (χ3v) is 5.49. The van der Waals surface area contributed by atoms with E-state index in [9.17, 15) is 27.9 Å². The average molecular weight is 441 g/mol. The standard InChI is InChI=1S/C21H20ClF3N2O3/c22-16-7-6-15(19(28)29)18(26-20(30)21(23,24)25)17(16)14-8-10-27(11-9-14)12-13-4-2-1-3-5-13/h1-7,14H,8-12H2,(H,26,30)(H,28,29). The van der Waals surface area contributed by atoms with Crippen LogP contribution in [0.15, 0.2) is 42.5 Å². The van der Waals surface area contributed by atoms with Gasteiger partial charge in [-0.2, -0.15) is 13.2 Å². The molecule has 30 heavy (non-hydrogen) atoms. The Morgan fingerprint density at radius 2 is 1.73 bits per heavy atom. The molecule has 0 aliphatic carbocycles. The normalized spacial score (nSPS) is 15.7. The molecule has 1 aliphatic heterocycles. The molecular weight excluding hydrogens is 421 g/mol. The second kappa shape index (κ2) is 9.06. The molecule has 0 atom stereocenters. The lowest BCUT2D eigenvalue weighted by Gasteiger charge is -2.33. The summed E-state index contributed by atoms with van der Waals surface area (Å²) in [6.45, 7) is 2.08. The van der Waals surface area contributed by atoms with E-state index in [-0.39, 0.29) is 22.2 Å². The average Bonchev–Trinajstić information content (AvgIpc) is 2.69. The fourth-order valence-electron chi connectivity index (χ4n) is 3.71. The Balaban J connectivity index is 1.84. The molecule has 1 aliphatic rings. The number of nitrogens with one attached hydrogen (secondary N) is 1. The number of hydrogen-bond acceptors (Lipinski definition) is 3. The predicted molar refractivity (Wildman–Crippen MR) is 107 cm³/mol. The Morgan fingerprint density at radius 3 is 2.30 bits per heavy atom. The van der Waals surface area contributed by atoms with Gasteiger partial charge in [0.25, 0.3) is 0 Å². The molecule has 1 amide bonds. The number of carbonyl (C=O) groups excluding carboxylic acids is 1. The van der Waals surface area contributed by atoms with Crippen molar-refractivity contribution in [3.8, 4) is 0 Å². The van der Waals surface area contributed by atoms with Crippen LogP contribution in [0.25, 0.3) is 0 Å². The molecular formula is C21H20ClF3N2O3. The number of carboxylic acid groups (broad SMARTS) is 1. The number of carbonyl (C=O) groups is 2. The molecule has 0 saturated carbocycles. The molecule has 1 saturated heterocycles. The summed E-state index contributed by atoms with van der Waals surface area (Å²) in [4.78, 5) is 25.3. The van der Waals surface area contributed by atoms with Crippen LogP contribution in [0.5, 0.6) is 0 Å². The van der Waals surface area contributed by atoms with Gasteiger partial charge in [-0.25, -0.2) is 4.79 Å². The molecule has 160 valence electrons. The molecule has 5 nitrogen and oxygen atoms in total. The van der Waals surface area contributed by atoms with Crippen LogP contribution in [0, 0.1) is 0 Å². The maximum atomic E-state index is 12.8. The first-order chi connectivity index (χ1) is 14.2. The fraction of sp³-hybridized carbons (Fsp3) is 0.333. The van der Waals surface area contributed by atoms with Crippen LogP contribution in [-0.4, -0.2) is 41.1 Å². The molecule has 0 spiro atoms. The van der Waals surface area contributed by atoms with E-state index >= 15 is 0 Å². The Kier molecular flexibility index (Phi) is 6.67. The van der Waals surface area contributed by atoms with Gasteiger partial charge in [0.15, 0.2) is 0 Å². The largest absolute Gasteiger partial charge is 0.478 e. The van der Waals surface area contributed by atoms with Gasteiger partial charge in [0.2, 0.25) is 0 Å². The molecule has 1 heterocycles. The number of piperidine rings is 1. The minimum Gasteiger partial charge on any atom is -0.478 e. The third kappa shape index (κ3) is 5.12. The molecule has 0 unspecified atom stereocenters. The first-order valence-electron chi connectivity index (χ1n) is 9.37. The van der Waals surface area contributed by atoms with Gasteiger partial charge in [0.1, 0.15) is 0 Å². The Bertz CT molecular complexity index is 927. The summed E-state index contributed by atoms with van der Waals surface area (Å²) in [7, 11) is 0. The number of likely N-dealkylation sites (tertiary alicyclic amines) is 1. The van der Waals surface area contributed by atoms with E-state index < -0.39 is 23.6 Å². The number of rotatable bonds is 5. The van der Waals surface area contributed by atoms with E-state index in [0.717, 1.165) is 18.2 Å². The minimum atomic E-state index is -5.14. The smallest absolute Gasteiger partial charge is 0.471 e. The number of carboxylic acids is 1. The number of nitrogens with zero attached hydrogens (tertiary/aromatic N) is 1. The van der Waals surface area contributed by atoms with Crippen LogP contribution in [0.2, 0.25) is 5.02 Å². The SMILES string of the molecule is O=C(O)c1ccc(Cl)c(C2CCN(Cc3ccccc3)CC2)c1NC(=O)C(F)(F)F. The maximum Gasteiger partial charge on any atom is 0.471 e. The van der Waals surface area contributed by atoms with Crippen LogP contribution >= 0.6 is 11.6 Å². The molecule has 2 N–H and O–H groups in total. The topological polar surface area (TPSA) is 69.6 Å². The molecule has 3 rings (SSSR count). The number of benzene rings is 2.